The first-order valence-electron chi connectivity index (χ1n) is 7.44. The van der Waals surface area contributed by atoms with Crippen molar-refractivity contribution in [1.29, 1.82) is 0 Å². The normalized spacial score (nSPS) is 17.1. The highest BCUT2D eigenvalue weighted by Gasteiger charge is 2.18. The molecule has 3 heteroatoms. The van der Waals surface area contributed by atoms with Crippen LogP contribution in [0.25, 0.3) is 0 Å². The Labute approximate surface area is 117 Å². The Hall–Kier alpha value is -1.06. The lowest BCUT2D eigenvalue weighted by Gasteiger charge is -2.34. The highest BCUT2D eigenvalue weighted by Crippen LogP contribution is 2.19. The fraction of sp³-hybridized carbons (Fsp3) is 0.625. The summed E-state index contributed by atoms with van der Waals surface area (Å²) in [4.78, 5) is 4.75. The van der Waals surface area contributed by atoms with Crippen LogP contribution in [-0.4, -0.2) is 51.2 Å². The largest absolute Gasteiger partial charge is 0.371 e. The number of hydrogen-bond acceptors (Lipinski definition) is 3. The lowest BCUT2D eigenvalue weighted by Crippen LogP contribution is -2.43. The number of para-hydroxylation sites is 1. The summed E-state index contributed by atoms with van der Waals surface area (Å²) < 4.78 is 0. The number of nitrogens with zero attached hydrogens (tertiary/aromatic N) is 2. The minimum Gasteiger partial charge on any atom is -0.371 e. The van der Waals surface area contributed by atoms with Gasteiger partial charge < -0.3 is 15.1 Å². The number of hydrogen-bond donors (Lipinski definition) is 1. The van der Waals surface area contributed by atoms with Gasteiger partial charge in [0.05, 0.1) is 0 Å². The summed E-state index contributed by atoms with van der Waals surface area (Å²) in [6.45, 7) is 4.68. The van der Waals surface area contributed by atoms with E-state index in [1.807, 2.05) is 0 Å². The molecule has 1 N–H and O–H groups in total. The molecule has 0 unspecified atom stereocenters. The molecule has 0 spiro atoms. The fourth-order valence-electron chi connectivity index (χ4n) is 2.68. The molecule has 1 heterocycles. The third-order valence-corrected chi connectivity index (χ3v) is 3.83. The predicted octanol–water partition coefficient (Wildman–Crippen LogP) is 2.20. The number of benzene rings is 1. The zero-order valence-electron chi connectivity index (χ0n) is 12.3. The van der Waals surface area contributed by atoms with Crippen LogP contribution in [0.4, 0.5) is 5.69 Å². The topological polar surface area (TPSA) is 18.5 Å². The number of piperidine rings is 1. The number of rotatable bonds is 6. The highest BCUT2D eigenvalue weighted by molar-refractivity contribution is 5.46. The van der Waals surface area contributed by atoms with Crippen LogP contribution in [0.15, 0.2) is 30.3 Å². The smallest absolute Gasteiger partial charge is 0.0366 e. The second kappa shape index (κ2) is 7.51. The van der Waals surface area contributed by atoms with Crippen molar-refractivity contribution >= 4 is 5.69 Å². The maximum atomic E-state index is 3.70. The first-order valence-corrected chi connectivity index (χ1v) is 7.44. The van der Waals surface area contributed by atoms with E-state index >= 15 is 0 Å². The molecule has 2 rings (SSSR count). The molecule has 0 bridgehead atoms. The Bertz CT molecular complexity index is 342. The molecule has 0 aromatic heterocycles. The molecule has 0 saturated carbocycles. The van der Waals surface area contributed by atoms with E-state index < -0.39 is 0 Å². The molecule has 0 aliphatic carbocycles. The molecular formula is C16H27N3. The van der Waals surface area contributed by atoms with Crippen molar-refractivity contribution < 1.29 is 0 Å². The Balaban J connectivity index is 1.65. The van der Waals surface area contributed by atoms with Crippen molar-refractivity contribution in [2.75, 3.05) is 45.2 Å². The van der Waals surface area contributed by atoms with Crippen molar-refractivity contribution in [2.24, 2.45) is 0 Å². The number of anilines is 1. The van der Waals surface area contributed by atoms with Gasteiger partial charge in [0.2, 0.25) is 0 Å². The van der Waals surface area contributed by atoms with E-state index in [-0.39, 0.29) is 0 Å². The SMILES string of the molecule is CN(C)CCCNC1CCN(c2ccccc2)CC1. The van der Waals surface area contributed by atoms with Gasteiger partial charge in [-0.3, -0.25) is 0 Å². The van der Waals surface area contributed by atoms with Gasteiger partial charge >= 0.3 is 0 Å². The average molecular weight is 261 g/mol. The van der Waals surface area contributed by atoms with Crippen LogP contribution in [0.5, 0.6) is 0 Å². The molecule has 106 valence electrons. The maximum absolute atomic E-state index is 3.70. The van der Waals surface area contributed by atoms with Gasteiger partial charge in [0, 0.05) is 24.8 Å². The van der Waals surface area contributed by atoms with Gasteiger partial charge in [-0.25, -0.2) is 0 Å². The summed E-state index contributed by atoms with van der Waals surface area (Å²) in [5.41, 5.74) is 1.37. The molecule has 1 saturated heterocycles. The van der Waals surface area contributed by atoms with Crippen LogP contribution in [0.2, 0.25) is 0 Å². The second-order valence-electron chi connectivity index (χ2n) is 5.71. The molecule has 19 heavy (non-hydrogen) atoms. The second-order valence-corrected chi connectivity index (χ2v) is 5.71. The molecule has 1 aliphatic rings. The third-order valence-electron chi connectivity index (χ3n) is 3.83. The summed E-state index contributed by atoms with van der Waals surface area (Å²) in [7, 11) is 4.27. The Morgan fingerprint density at radius 1 is 1.16 bits per heavy atom. The monoisotopic (exact) mass is 261 g/mol. The molecule has 3 nitrogen and oxygen atoms in total. The lowest BCUT2D eigenvalue weighted by molar-refractivity contribution is 0.368. The fourth-order valence-corrected chi connectivity index (χ4v) is 2.68. The van der Waals surface area contributed by atoms with Gasteiger partial charge in [0.1, 0.15) is 0 Å². The predicted molar refractivity (Wildman–Crippen MR) is 82.9 cm³/mol. The van der Waals surface area contributed by atoms with Crippen LogP contribution >= 0.6 is 0 Å². The summed E-state index contributed by atoms with van der Waals surface area (Å²) >= 11 is 0. The Kier molecular flexibility index (Phi) is 5.67. The van der Waals surface area contributed by atoms with Crippen molar-refractivity contribution in [3.8, 4) is 0 Å². The third kappa shape index (κ3) is 4.84. The van der Waals surface area contributed by atoms with Crippen molar-refractivity contribution in [3.05, 3.63) is 30.3 Å². The van der Waals surface area contributed by atoms with E-state index in [1.54, 1.807) is 0 Å². The quantitative estimate of drug-likeness (QED) is 0.792. The van der Waals surface area contributed by atoms with E-state index in [2.05, 4.69) is 59.5 Å². The summed E-state index contributed by atoms with van der Waals surface area (Å²) in [6, 6.07) is 11.5. The van der Waals surface area contributed by atoms with Crippen LogP contribution in [0, 0.1) is 0 Å². The molecular weight excluding hydrogens is 234 g/mol. The lowest BCUT2D eigenvalue weighted by atomic mass is 10.0. The Morgan fingerprint density at radius 3 is 2.47 bits per heavy atom. The molecule has 1 fully saturated rings. The average Bonchev–Trinajstić information content (AvgIpc) is 2.45. The zero-order valence-corrected chi connectivity index (χ0v) is 12.3. The van der Waals surface area contributed by atoms with Crippen LogP contribution in [0.3, 0.4) is 0 Å². The van der Waals surface area contributed by atoms with Gasteiger partial charge in [-0.2, -0.15) is 0 Å². The minimum atomic E-state index is 0.710. The first-order chi connectivity index (χ1) is 9.25. The van der Waals surface area contributed by atoms with Gasteiger partial charge in [-0.1, -0.05) is 18.2 Å². The maximum Gasteiger partial charge on any atom is 0.0366 e. The summed E-state index contributed by atoms with van der Waals surface area (Å²) in [5, 5.41) is 3.70. The van der Waals surface area contributed by atoms with Gasteiger partial charge in [-0.05, 0) is 58.6 Å². The standard InChI is InChI=1S/C16H27N3/c1-18(2)12-6-11-17-15-9-13-19(14-10-15)16-7-4-3-5-8-16/h3-5,7-8,15,17H,6,9-14H2,1-2H3. The summed E-state index contributed by atoms with van der Waals surface area (Å²) in [6.07, 6.45) is 3.76. The molecule has 0 radical (unpaired) electrons. The first kappa shape index (κ1) is 14.4. The van der Waals surface area contributed by atoms with E-state index in [0.717, 1.165) is 6.54 Å². The molecule has 0 atom stereocenters. The van der Waals surface area contributed by atoms with E-state index in [1.165, 1.54) is 44.6 Å². The Morgan fingerprint density at radius 2 is 1.84 bits per heavy atom. The van der Waals surface area contributed by atoms with E-state index in [4.69, 9.17) is 0 Å². The van der Waals surface area contributed by atoms with Crippen LogP contribution < -0.4 is 10.2 Å². The molecule has 0 amide bonds. The van der Waals surface area contributed by atoms with Gasteiger partial charge in [0.25, 0.3) is 0 Å². The summed E-state index contributed by atoms with van der Waals surface area (Å²) in [5.74, 6) is 0. The highest BCUT2D eigenvalue weighted by atomic mass is 15.1. The van der Waals surface area contributed by atoms with Crippen LogP contribution in [-0.2, 0) is 0 Å². The van der Waals surface area contributed by atoms with Gasteiger partial charge in [0.15, 0.2) is 0 Å². The zero-order chi connectivity index (χ0) is 13.5. The minimum absolute atomic E-state index is 0.710. The number of nitrogens with one attached hydrogen (secondary N) is 1. The van der Waals surface area contributed by atoms with Crippen molar-refractivity contribution in [3.63, 3.8) is 0 Å². The van der Waals surface area contributed by atoms with Gasteiger partial charge in [-0.15, -0.1) is 0 Å². The van der Waals surface area contributed by atoms with Crippen molar-refractivity contribution in [1.82, 2.24) is 10.2 Å². The molecule has 1 aromatic carbocycles. The molecule has 1 aromatic rings. The van der Waals surface area contributed by atoms with E-state index in [9.17, 15) is 0 Å². The molecule has 1 aliphatic heterocycles. The van der Waals surface area contributed by atoms with Crippen LogP contribution in [0.1, 0.15) is 19.3 Å². The van der Waals surface area contributed by atoms with E-state index in [0.29, 0.717) is 6.04 Å². The van der Waals surface area contributed by atoms with Crippen molar-refractivity contribution in [2.45, 2.75) is 25.3 Å².